The second-order valence-corrected chi connectivity index (χ2v) is 6.76. The third-order valence-electron chi connectivity index (χ3n) is 3.30. The normalized spacial score (nSPS) is 10.5. The first-order valence-electron chi connectivity index (χ1n) is 7.60. The summed E-state index contributed by atoms with van der Waals surface area (Å²) >= 11 is 8.34. The summed E-state index contributed by atoms with van der Waals surface area (Å²) in [7, 11) is 2.70. The van der Waals surface area contributed by atoms with Crippen LogP contribution >= 0.6 is 34.2 Å². The first-order chi connectivity index (χ1) is 12.9. The van der Waals surface area contributed by atoms with Crippen molar-refractivity contribution in [2.45, 2.75) is 0 Å². The van der Waals surface area contributed by atoms with Gasteiger partial charge in [-0.2, -0.15) is 5.10 Å². The van der Waals surface area contributed by atoms with Gasteiger partial charge in [-0.25, -0.2) is 10.2 Å². The Hall–Kier alpha value is -2.33. The molecule has 2 aromatic rings. The van der Waals surface area contributed by atoms with Crippen molar-refractivity contribution in [1.29, 1.82) is 0 Å². The van der Waals surface area contributed by atoms with Gasteiger partial charge in [0.05, 0.1) is 25.5 Å². The number of carbonyl (C=O) groups excluding carboxylic acids is 2. The van der Waals surface area contributed by atoms with E-state index in [2.05, 4.69) is 37.9 Å². The lowest BCUT2D eigenvalue weighted by atomic mass is 10.2. The smallest absolute Gasteiger partial charge is 0.343 e. The van der Waals surface area contributed by atoms with Crippen LogP contribution in [0, 0.1) is 3.57 Å². The van der Waals surface area contributed by atoms with Crippen LogP contribution in [0.15, 0.2) is 41.5 Å². The van der Waals surface area contributed by atoms with Crippen molar-refractivity contribution in [3.05, 3.63) is 56.1 Å². The van der Waals surface area contributed by atoms with Crippen LogP contribution in [0.25, 0.3) is 0 Å². The molecule has 0 saturated carbocycles. The molecule has 0 fully saturated rings. The van der Waals surface area contributed by atoms with E-state index >= 15 is 0 Å². The number of nitrogens with one attached hydrogen (secondary N) is 1. The van der Waals surface area contributed by atoms with Crippen LogP contribution in [0.2, 0.25) is 5.02 Å². The summed E-state index contributed by atoms with van der Waals surface area (Å²) in [6, 6.07) is 10.3. The van der Waals surface area contributed by atoms with Crippen molar-refractivity contribution >= 4 is 52.3 Å². The van der Waals surface area contributed by atoms with E-state index in [1.165, 1.54) is 20.4 Å². The second kappa shape index (κ2) is 10.1. The van der Waals surface area contributed by atoms with E-state index in [1.54, 1.807) is 24.3 Å². The lowest BCUT2D eigenvalue weighted by molar-refractivity contribution is -0.142. The average Bonchev–Trinajstić information content (AvgIpc) is 2.66. The molecule has 0 heterocycles. The van der Waals surface area contributed by atoms with Crippen LogP contribution in [0.3, 0.4) is 0 Å². The molecule has 0 saturated heterocycles. The number of methoxy groups -OCH3 is 2. The summed E-state index contributed by atoms with van der Waals surface area (Å²) in [4.78, 5) is 23.2. The van der Waals surface area contributed by atoms with Crippen LogP contribution in [-0.2, 0) is 9.53 Å². The molecule has 0 unspecified atom stereocenters. The van der Waals surface area contributed by atoms with Crippen LogP contribution in [-0.4, -0.2) is 38.9 Å². The minimum Gasteiger partial charge on any atom is -0.493 e. The maximum atomic E-state index is 12.0. The molecule has 27 heavy (non-hydrogen) atoms. The molecule has 2 aromatic carbocycles. The Bertz CT molecular complexity index is 856. The number of hydrogen-bond donors (Lipinski definition) is 1. The highest BCUT2D eigenvalue weighted by molar-refractivity contribution is 14.1. The number of rotatable bonds is 7. The van der Waals surface area contributed by atoms with E-state index in [4.69, 9.17) is 21.1 Å². The predicted molar refractivity (Wildman–Crippen MR) is 110 cm³/mol. The number of nitrogens with zero attached hydrogens (tertiary/aromatic N) is 1. The Morgan fingerprint density at radius 1 is 1.22 bits per heavy atom. The summed E-state index contributed by atoms with van der Waals surface area (Å²) in [5.41, 5.74) is 3.51. The van der Waals surface area contributed by atoms with Gasteiger partial charge in [-0.05, 0) is 64.6 Å². The molecular weight excluding hydrogens is 487 g/mol. The minimum absolute atomic E-state index is 0.213. The number of hydrogen-bond acceptors (Lipinski definition) is 6. The fourth-order valence-electron chi connectivity index (χ4n) is 1.98. The quantitative estimate of drug-likeness (QED) is 0.272. The molecule has 0 atom stereocenters. The van der Waals surface area contributed by atoms with Gasteiger partial charge >= 0.3 is 5.97 Å². The lowest BCUT2D eigenvalue weighted by Gasteiger charge is -2.12. The molecule has 0 aliphatic rings. The number of amides is 1. The molecule has 0 radical (unpaired) electrons. The molecule has 0 spiro atoms. The highest BCUT2D eigenvalue weighted by Crippen LogP contribution is 2.36. The van der Waals surface area contributed by atoms with Gasteiger partial charge in [0.2, 0.25) is 0 Å². The Morgan fingerprint density at radius 2 is 1.93 bits per heavy atom. The maximum Gasteiger partial charge on any atom is 0.343 e. The number of benzene rings is 2. The highest BCUT2D eigenvalue weighted by Gasteiger charge is 2.13. The average molecular weight is 503 g/mol. The predicted octanol–water partition coefficient (Wildman–Crippen LogP) is 3.27. The van der Waals surface area contributed by atoms with Gasteiger partial charge < -0.3 is 14.2 Å². The largest absolute Gasteiger partial charge is 0.493 e. The Morgan fingerprint density at radius 3 is 2.56 bits per heavy atom. The molecule has 1 N–H and O–H groups in total. The first-order valence-corrected chi connectivity index (χ1v) is 9.06. The molecule has 0 aliphatic heterocycles. The van der Waals surface area contributed by atoms with Gasteiger partial charge in [0.25, 0.3) is 5.91 Å². The molecule has 9 heteroatoms. The van der Waals surface area contributed by atoms with Crippen molar-refractivity contribution in [3.63, 3.8) is 0 Å². The first kappa shape index (κ1) is 21.0. The van der Waals surface area contributed by atoms with Gasteiger partial charge in [-0.15, -0.1) is 0 Å². The number of carbonyl (C=O) groups is 2. The van der Waals surface area contributed by atoms with Crippen molar-refractivity contribution in [1.82, 2.24) is 5.43 Å². The van der Waals surface area contributed by atoms with Crippen LogP contribution in [0.1, 0.15) is 15.9 Å². The van der Waals surface area contributed by atoms with Gasteiger partial charge in [0.1, 0.15) is 0 Å². The summed E-state index contributed by atoms with van der Waals surface area (Å²) in [5.74, 6) is -0.350. The topological polar surface area (TPSA) is 86.2 Å². The van der Waals surface area contributed by atoms with Crippen LogP contribution < -0.4 is 14.9 Å². The van der Waals surface area contributed by atoms with Gasteiger partial charge in [0, 0.05) is 9.13 Å². The summed E-state index contributed by atoms with van der Waals surface area (Å²) in [6.07, 6.45) is 1.42. The van der Waals surface area contributed by atoms with Crippen molar-refractivity contribution < 1.29 is 23.8 Å². The molecule has 0 aliphatic carbocycles. The van der Waals surface area contributed by atoms with Crippen LogP contribution in [0.4, 0.5) is 0 Å². The number of halogens is 2. The fraction of sp³-hybridized carbons (Fsp3) is 0.167. The number of esters is 1. The van der Waals surface area contributed by atoms with Crippen LogP contribution in [0.5, 0.6) is 11.5 Å². The van der Waals surface area contributed by atoms with E-state index in [9.17, 15) is 9.59 Å². The molecule has 0 bridgehead atoms. The second-order valence-electron chi connectivity index (χ2n) is 5.10. The lowest BCUT2D eigenvalue weighted by Crippen LogP contribution is -2.17. The Labute approximate surface area is 174 Å². The number of hydrazone groups is 1. The van der Waals surface area contributed by atoms with E-state index in [-0.39, 0.29) is 23.3 Å². The Kier molecular flexibility index (Phi) is 7.86. The third kappa shape index (κ3) is 6.10. The van der Waals surface area contributed by atoms with Crippen molar-refractivity contribution in [3.8, 4) is 11.5 Å². The van der Waals surface area contributed by atoms with E-state index in [0.717, 1.165) is 3.57 Å². The summed E-state index contributed by atoms with van der Waals surface area (Å²) in [5, 5.41) is 4.14. The summed E-state index contributed by atoms with van der Waals surface area (Å²) < 4.78 is 16.1. The highest BCUT2D eigenvalue weighted by atomic mass is 127. The molecule has 7 nitrogen and oxygen atoms in total. The molecule has 2 rings (SSSR count). The monoisotopic (exact) mass is 502 g/mol. The van der Waals surface area contributed by atoms with Gasteiger partial charge in [0.15, 0.2) is 18.1 Å². The van der Waals surface area contributed by atoms with E-state index in [0.29, 0.717) is 16.9 Å². The SMILES string of the molecule is COC(=O)COc1c(Cl)cc(/C=N\NC(=O)c2ccc(I)cc2)cc1OC. The molecule has 142 valence electrons. The third-order valence-corrected chi connectivity index (χ3v) is 4.30. The zero-order chi connectivity index (χ0) is 19.8. The Balaban J connectivity index is 2.08. The standard InChI is InChI=1S/C18H16ClIN2O5/c1-25-15-8-11(7-14(19)17(15)27-10-16(23)26-2)9-21-22-18(24)12-3-5-13(20)6-4-12/h3-9H,10H2,1-2H3,(H,22,24)/b21-9-. The van der Waals surface area contributed by atoms with Crippen molar-refractivity contribution in [2.24, 2.45) is 5.10 Å². The van der Waals surface area contributed by atoms with Gasteiger partial charge in [-0.1, -0.05) is 11.6 Å². The maximum absolute atomic E-state index is 12.0. The molecular formula is C18H16ClIN2O5. The van der Waals surface area contributed by atoms with Gasteiger partial charge in [-0.3, -0.25) is 4.79 Å². The number of ether oxygens (including phenoxy) is 3. The minimum atomic E-state index is -0.544. The van der Waals surface area contributed by atoms with Crippen molar-refractivity contribution in [2.75, 3.05) is 20.8 Å². The fourth-order valence-corrected chi connectivity index (χ4v) is 2.61. The van der Waals surface area contributed by atoms with E-state index < -0.39 is 5.97 Å². The zero-order valence-electron chi connectivity index (χ0n) is 14.5. The van der Waals surface area contributed by atoms with E-state index in [1.807, 2.05) is 12.1 Å². The zero-order valence-corrected chi connectivity index (χ0v) is 17.4. The molecule has 0 aromatic heterocycles. The molecule has 1 amide bonds. The summed E-state index contributed by atoms with van der Waals surface area (Å²) in [6.45, 7) is -0.300.